The van der Waals surface area contributed by atoms with Crippen molar-refractivity contribution in [3.05, 3.63) is 241 Å². The van der Waals surface area contributed by atoms with Crippen LogP contribution in [0.3, 0.4) is 0 Å². The standard InChI is InChI=1S/C55H43N/c1-4-5-8-27-47(43-34-33-39-20-13-14-25-42(39)37-43)54-46(41-23-11-7-12-24-41)29-19-32-53(54)56(52-31-18-16-26-45(52)40-21-9-6-10-22-40)44-35-36-49-48-28-15-17-30-50(48)55(2,3)51(49)38-44/h4-38H,1H2,2-3H3/b8-5-,47-27+. The first kappa shape index (κ1) is 34.8. The number of para-hydroxylation sites is 1. The Morgan fingerprint density at radius 3 is 1.86 bits per heavy atom. The zero-order valence-corrected chi connectivity index (χ0v) is 31.9. The third kappa shape index (κ3) is 6.18. The average molecular weight is 718 g/mol. The molecule has 8 aromatic carbocycles. The first-order chi connectivity index (χ1) is 27.5. The van der Waals surface area contributed by atoms with Gasteiger partial charge in [-0.3, -0.25) is 0 Å². The van der Waals surface area contributed by atoms with Crippen molar-refractivity contribution in [2.75, 3.05) is 4.90 Å². The molecule has 0 bridgehead atoms. The normalized spacial score (nSPS) is 13.1. The van der Waals surface area contributed by atoms with Gasteiger partial charge in [0.05, 0.1) is 11.4 Å². The minimum absolute atomic E-state index is 0.160. The molecule has 0 N–H and O–H groups in total. The highest BCUT2D eigenvalue weighted by atomic mass is 15.1. The van der Waals surface area contributed by atoms with Crippen LogP contribution in [0.15, 0.2) is 219 Å². The fourth-order valence-corrected chi connectivity index (χ4v) is 8.55. The van der Waals surface area contributed by atoms with E-state index in [1.165, 1.54) is 38.6 Å². The fraction of sp³-hybridized carbons (Fsp3) is 0.0545. The maximum atomic E-state index is 4.00. The predicted molar refractivity (Wildman–Crippen MR) is 240 cm³/mol. The average Bonchev–Trinajstić information content (AvgIpc) is 3.48. The molecular weight excluding hydrogens is 675 g/mol. The van der Waals surface area contributed by atoms with Gasteiger partial charge in [0, 0.05) is 22.2 Å². The number of hydrogen-bond donors (Lipinski definition) is 0. The summed E-state index contributed by atoms with van der Waals surface area (Å²) in [5.74, 6) is 0. The molecule has 0 saturated heterocycles. The lowest BCUT2D eigenvalue weighted by molar-refractivity contribution is 0.660. The molecule has 8 aromatic rings. The number of rotatable bonds is 9. The summed E-state index contributed by atoms with van der Waals surface area (Å²) in [5.41, 5.74) is 16.5. The fourth-order valence-electron chi connectivity index (χ4n) is 8.55. The Morgan fingerprint density at radius 1 is 0.482 bits per heavy atom. The molecule has 56 heavy (non-hydrogen) atoms. The Hall–Kier alpha value is -6.96. The minimum atomic E-state index is -0.160. The first-order valence-corrected chi connectivity index (χ1v) is 19.4. The molecule has 0 spiro atoms. The lowest BCUT2D eigenvalue weighted by Gasteiger charge is -2.32. The zero-order valence-electron chi connectivity index (χ0n) is 31.9. The van der Waals surface area contributed by atoms with E-state index < -0.39 is 0 Å². The van der Waals surface area contributed by atoms with E-state index >= 15 is 0 Å². The highest BCUT2D eigenvalue weighted by molar-refractivity contribution is 6.02. The van der Waals surface area contributed by atoms with Gasteiger partial charge in [0.25, 0.3) is 0 Å². The Morgan fingerprint density at radius 2 is 1.09 bits per heavy atom. The molecule has 0 heterocycles. The Balaban J connectivity index is 1.38. The van der Waals surface area contributed by atoms with Gasteiger partial charge in [0.15, 0.2) is 0 Å². The molecule has 0 fully saturated rings. The number of fused-ring (bicyclic) bond motifs is 4. The summed E-state index contributed by atoms with van der Waals surface area (Å²) in [6.45, 7) is 8.72. The van der Waals surface area contributed by atoms with Crippen LogP contribution in [-0.2, 0) is 5.41 Å². The Kier molecular flexibility index (Phi) is 9.13. The van der Waals surface area contributed by atoms with Gasteiger partial charge in [0.1, 0.15) is 0 Å². The molecule has 0 amide bonds. The molecule has 0 aromatic heterocycles. The van der Waals surface area contributed by atoms with Crippen molar-refractivity contribution in [1.82, 2.24) is 0 Å². The summed E-state index contributed by atoms with van der Waals surface area (Å²) in [6.07, 6.45) is 8.21. The molecule has 0 aliphatic heterocycles. The molecular formula is C55H43N. The van der Waals surface area contributed by atoms with Crippen molar-refractivity contribution in [3.63, 3.8) is 0 Å². The van der Waals surface area contributed by atoms with E-state index in [4.69, 9.17) is 0 Å². The topological polar surface area (TPSA) is 3.24 Å². The van der Waals surface area contributed by atoms with Gasteiger partial charge >= 0.3 is 0 Å². The van der Waals surface area contributed by atoms with E-state index in [-0.39, 0.29) is 5.41 Å². The zero-order chi connectivity index (χ0) is 38.1. The second-order valence-corrected chi connectivity index (χ2v) is 14.9. The van der Waals surface area contributed by atoms with Gasteiger partial charge < -0.3 is 4.90 Å². The highest BCUT2D eigenvalue weighted by Crippen LogP contribution is 2.52. The number of allylic oxidation sites excluding steroid dienone is 4. The molecule has 9 rings (SSSR count). The first-order valence-electron chi connectivity index (χ1n) is 19.4. The molecule has 1 nitrogen and oxygen atoms in total. The van der Waals surface area contributed by atoms with Gasteiger partial charge in [-0.25, -0.2) is 0 Å². The van der Waals surface area contributed by atoms with Crippen molar-refractivity contribution in [2.45, 2.75) is 19.3 Å². The van der Waals surface area contributed by atoms with Crippen molar-refractivity contribution in [2.24, 2.45) is 0 Å². The summed E-state index contributed by atoms with van der Waals surface area (Å²) in [5, 5.41) is 2.42. The predicted octanol–water partition coefficient (Wildman–Crippen LogP) is 15.1. The van der Waals surface area contributed by atoms with Gasteiger partial charge in [-0.1, -0.05) is 202 Å². The maximum absolute atomic E-state index is 4.00. The molecule has 0 unspecified atom stereocenters. The molecule has 1 aliphatic rings. The van der Waals surface area contributed by atoms with Crippen LogP contribution in [0.1, 0.15) is 36.1 Å². The van der Waals surface area contributed by atoms with Crippen LogP contribution in [0.25, 0.3) is 49.7 Å². The van der Waals surface area contributed by atoms with E-state index in [2.05, 4.69) is 226 Å². The maximum Gasteiger partial charge on any atom is 0.0546 e. The smallest absolute Gasteiger partial charge is 0.0546 e. The largest absolute Gasteiger partial charge is 0.309 e. The monoisotopic (exact) mass is 717 g/mol. The lowest BCUT2D eigenvalue weighted by atomic mass is 9.82. The van der Waals surface area contributed by atoms with Crippen LogP contribution in [0.2, 0.25) is 0 Å². The van der Waals surface area contributed by atoms with Crippen molar-refractivity contribution in [1.29, 1.82) is 0 Å². The third-order valence-corrected chi connectivity index (χ3v) is 11.3. The SMILES string of the molecule is C=C/C=C\C=C(/c1ccc2ccccc2c1)c1c(-c2ccccc2)cccc1N(c1ccc2c(c1)C(C)(C)c1ccccc1-2)c1ccccc1-c1ccccc1. The summed E-state index contributed by atoms with van der Waals surface area (Å²) < 4.78 is 0. The van der Waals surface area contributed by atoms with Crippen molar-refractivity contribution < 1.29 is 0 Å². The van der Waals surface area contributed by atoms with Gasteiger partial charge in [0.2, 0.25) is 0 Å². The molecule has 1 aliphatic carbocycles. The Labute approximate surface area is 330 Å². The lowest BCUT2D eigenvalue weighted by Crippen LogP contribution is -2.17. The summed E-state index contributed by atoms with van der Waals surface area (Å²) in [6, 6.07) is 68.5. The van der Waals surface area contributed by atoms with Crippen LogP contribution in [0.4, 0.5) is 17.1 Å². The van der Waals surface area contributed by atoms with Crippen LogP contribution < -0.4 is 4.90 Å². The van der Waals surface area contributed by atoms with Crippen LogP contribution in [0, 0.1) is 0 Å². The molecule has 0 atom stereocenters. The van der Waals surface area contributed by atoms with Crippen molar-refractivity contribution in [3.8, 4) is 33.4 Å². The number of benzene rings is 8. The van der Waals surface area contributed by atoms with Gasteiger partial charge in [-0.05, 0) is 91.2 Å². The van der Waals surface area contributed by atoms with E-state index in [0.29, 0.717) is 0 Å². The van der Waals surface area contributed by atoms with E-state index in [1.54, 1.807) is 0 Å². The Bertz CT molecular complexity index is 2780. The second kappa shape index (κ2) is 14.7. The molecule has 0 saturated carbocycles. The summed E-state index contributed by atoms with van der Waals surface area (Å²) in [7, 11) is 0. The molecule has 1 heteroatoms. The third-order valence-electron chi connectivity index (χ3n) is 11.3. The molecule has 0 radical (unpaired) electrons. The molecule has 268 valence electrons. The number of anilines is 3. The van der Waals surface area contributed by atoms with E-state index in [1.807, 2.05) is 12.2 Å². The summed E-state index contributed by atoms with van der Waals surface area (Å²) in [4.78, 5) is 2.50. The minimum Gasteiger partial charge on any atom is -0.309 e. The van der Waals surface area contributed by atoms with Crippen LogP contribution in [0.5, 0.6) is 0 Å². The van der Waals surface area contributed by atoms with E-state index in [0.717, 1.165) is 50.5 Å². The van der Waals surface area contributed by atoms with Crippen LogP contribution >= 0.6 is 0 Å². The number of hydrogen-bond acceptors (Lipinski definition) is 1. The van der Waals surface area contributed by atoms with Gasteiger partial charge in [-0.2, -0.15) is 0 Å². The van der Waals surface area contributed by atoms with E-state index in [9.17, 15) is 0 Å². The highest BCUT2D eigenvalue weighted by Gasteiger charge is 2.36. The summed E-state index contributed by atoms with van der Waals surface area (Å²) >= 11 is 0. The van der Waals surface area contributed by atoms with Crippen molar-refractivity contribution >= 4 is 33.4 Å². The quantitative estimate of drug-likeness (QED) is 0.134. The second-order valence-electron chi connectivity index (χ2n) is 14.9. The number of nitrogens with zero attached hydrogens (tertiary/aromatic N) is 1. The van der Waals surface area contributed by atoms with Crippen LogP contribution in [-0.4, -0.2) is 0 Å². The van der Waals surface area contributed by atoms with Gasteiger partial charge in [-0.15, -0.1) is 0 Å².